The lowest BCUT2D eigenvalue weighted by Gasteiger charge is -2.12. The van der Waals surface area contributed by atoms with Crippen LogP contribution in [0, 0.1) is 0 Å². The number of benzene rings is 2. The monoisotopic (exact) mass is 306 g/mol. The van der Waals surface area contributed by atoms with E-state index in [1.165, 1.54) is 14.1 Å². The van der Waals surface area contributed by atoms with Crippen LogP contribution in [0.1, 0.15) is 5.56 Å². The molecule has 6 heteroatoms. The number of rotatable bonds is 6. The zero-order chi connectivity index (χ0) is 15.3. The molecule has 5 nitrogen and oxygen atoms in total. The third-order valence-corrected chi connectivity index (χ3v) is 4.31. The third kappa shape index (κ3) is 4.56. The Hall–Kier alpha value is -1.89. The molecular formula is C15H18N2O3S. The van der Waals surface area contributed by atoms with Gasteiger partial charge in [-0.05, 0) is 29.8 Å². The third-order valence-electron chi connectivity index (χ3n) is 2.84. The van der Waals surface area contributed by atoms with Crippen molar-refractivity contribution in [3.8, 4) is 11.5 Å². The molecule has 0 spiro atoms. The Labute approximate surface area is 125 Å². The van der Waals surface area contributed by atoms with E-state index in [1.54, 1.807) is 0 Å². The van der Waals surface area contributed by atoms with Gasteiger partial charge in [-0.2, -0.15) is 17.4 Å². The highest BCUT2D eigenvalue weighted by atomic mass is 32.2. The first-order valence-corrected chi connectivity index (χ1v) is 7.90. The Bertz CT molecular complexity index is 668. The smallest absolute Gasteiger partial charge is 0.279 e. The second kappa shape index (κ2) is 6.71. The number of nitrogens with zero attached hydrogens (tertiary/aromatic N) is 1. The Kier molecular flexibility index (Phi) is 4.95. The number of hydrogen-bond acceptors (Lipinski definition) is 3. The minimum absolute atomic E-state index is 0.242. The first kappa shape index (κ1) is 15.5. The van der Waals surface area contributed by atoms with E-state index in [2.05, 4.69) is 4.72 Å². The molecule has 112 valence electrons. The van der Waals surface area contributed by atoms with Gasteiger partial charge in [0, 0.05) is 20.6 Å². The maximum absolute atomic E-state index is 11.6. The van der Waals surface area contributed by atoms with Gasteiger partial charge in [0.05, 0.1) is 0 Å². The van der Waals surface area contributed by atoms with Crippen molar-refractivity contribution >= 4 is 10.2 Å². The molecule has 2 rings (SSSR count). The van der Waals surface area contributed by atoms with Gasteiger partial charge in [0.15, 0.2) is 0 Å². The molecule has 0 aliphatic rings. The van der Waals surface area contributed by atoms with Gasteiger partial charge in [-0.25, -0.2) is 0 Å². The van der Waals surface area contributed by atoms with E-state index >= 15 is 0 Å². The lowest BCUT2D eigenvalue weighted by molar-refractivity contribution is 0.482. The molecule has 0 heterocycles. The van der Waals surface area contributed by atoms with Crippen LogP contribution in [0.4, 0.5) is 0 Å². The second-order valence-electron chi connectivity index (χ2n) is 4.67. The van der Waals surface area contributed by atoms with Crippen LogP contribution >= 0.6 is 0 Å². The van der Waals surface area contributed by atoms with Gasteiger partial charge in [0.1, 0.15) is 11.5 Å². The van der Waals surface area contributed by atoms with Crippen molar-refractivity contribution in [3.63, 3.8) is 0 Å². The van der Waals surface area contributed by atoms with Crippen LogP contribution in [0.2, 0.25) is 0 Å². The van der Waals surface area contributed by atoms with E-state index in [1.807, 2.05) is 54.6 Å². The molecule has 0 atom stereocenters. The van der Waals surface area contributed by atoms with E-state index in [0.717, 1.165) is 15.6 Å². The normalized spacial score (nSPS) is 11.6. The summed E-state index contributed by atoms with van der Waals surface area (Å²) in [5, 5.41) is 0. The van der Waals surface area contributed by atoms with Gasteiger partial charge in [0.25, 0.3) is 10.2 Å². The van der Waals surface area contributed by atoms with Crippen molar-refractivity contribution in [1.29, 1.82) is 0 Å². The largest absolute Gasteiger partial charge is 0.457 e. The van der Waals surface area contributed by atoms with Crippen LogP contribution in [-0.2, 0) is 16.8 Å². The fourth-order valence-electron chi connectivity index (χ4n) is 1.60. The van der Waals surface area contributed by atoms with Crippen LogP contribution < -0.4 is 9.46 Å². The summed E-state index contributed by atoms with van der Waals surface area (Å²) in [5.41, 5.74) is 0.862. The molecule has 0 saturated carbocycles. The molecule has 21 heavy (non-hydrogen) atoms. The predicted molar refractivity (Wildman–Crippen MR) is 82.4 cm³/mol. The maximum atomic E-state index is 11.6. The molecule has 2 aromatic carbocycles. The van der Waals surface area contributed by atoms with E-state index in [9.17, 15) is 8.42 Å². The standard InChI is InChI=1S/C15H18N2O3S/c1-17(2)21(18,19)16-12-13-8-10-15(11-9-13)20-14-6-4-3-5-7-14/h3-11,16H,12H2,1-2H3. The fraction of sp³-hybridized carbons (Fsp3) is 0.200. The summed E-state index contributed by atoms with van der Waals surface area (Å²) in [4.78, 5) is 0. The topological polar surface area (TPSA) is 58.6 Å². The summed E-state index contributed by atoms with van der Waals surface area (Å²) < 4.78 is 32.5. The number of nitrogens with one attached hydrogen (secondary N) is 1. The zero-order valence-electron chi connectivity index (χ0n) is 12.0. The summed E-state index contributed by atoms with van der Waals surface area (Å²) >= 11 is 0. The van der Waals surface area contributed by atoms with Gasteiger partial charge >= 0.3 is 0 Å². The first-order valence-electron chi connectivity index (χ1n) is 6.46. The Morgan fingerprint density at radius 2 is 1.52 bits per heavy atom. The molecule has 0 aromatic heterocycles. The van der Waals surface area contributed by atoms with E-state index in [4.69, 9.17) is 4.74 Å². The van der Waals surface area contributed by atoms with Crippen molar-refractivity contribution in [3.05, 3.63) is 60.2 Å². The van der Waals surface area contributed by atoms with Gasteiger partial charge < -0.3 is 4.74 Å². The number of para-hydroxylation sites is 1. The van der Waals surface area contributed by atoms with Crippen LogP contribution in [-0.4, -0.2) is 26.8 Å². The summed E-state index contributed by atoms with van der Waals surface area (Å²) in [7, 11) is -0.432. The quantitative estimate of drug-likeness (QED) is 0.891. The summed E-state index contributed by atoms with van der Waals surface area (Å²) in [6.45, 7) is 0.242. The molecule has 0 radical (unpaired) electrons. The van der Waals surface area contributed by atoms with E-state index in [-0.39, 0.29) is 6.54 Å². The maximum Gasteiger partial charge on any atom is 0.279 e. The summed E-state index contributed by atoms with van der Waals surface area (Å²) in [6.07, 6.45) is 0. The van der Waals surface area contributed by atoms with Crippen LogP contribution in [0.25, 0.3) is 0 Å². The summed E-state index contributed by atoms with van der Waals surface area (Å²) in [5.74, 6) is 1.47. The highest BCUT2D eigenvalue weighted by molar-refractivity contribution is 7.87. The number of ether oxygens (including phenoxy) is 1. The van der Waals surface area contributed by atoms with Crippen molar-refractivity contribution in [2.75, 3.05) is 14.1 Å². The molecule has 0 aliphatic carbocycles. The minimum atomic E-state index is -3.40. The van der Waals surface area contributed by atoms with Gasteiger partial charge in [-0.3, -0.25) is 0 Å². The molecule has 0 amide bonds. The van der Waals surface area contributed by atoms with Crippen LogP contribution in [0.5, 0.6) is 11.5 Å². The molecule has 0 aliphatic heterocycles. The highest BCUT2D eigenvalue weighted by Gasteiger charge is 2.11. The molecule has 1 N–H and O–H groups in total. The van der Waals surface area contributed by atoms with Crippen molar-refractivity contribution in [2.45, 2.75) is 6.54 Å². The lowest BCUT2D eigenvalue weighted by atomic mass is 10.2. The van der Waals surface area contributed by atoms with Crippen molar-refractivity contribution in [2.24, 2.45) is 0 Å². The minimum Gasteiger partial charge on any atom is -0.457 e. The first-order chi connectivity index (χ1) is 9.97. The van der Waals surface area contributed by atoms with Crippen molar-refractivity contribution in [1.82, 2.24) is 9.03 Å². The molecule has 0 unspecified atom stereocenters. The lowest BCUT2D eigenvalue weighted by Crippen LogP contribution is -2.35. The SMILES string of the molecule is CN(C)S(=O)(=O)NCc1ccc(Oc2ccccc2)cc1. The molecule has 2 aromatic rings. The van der Waals surface area contributed by atoms with Gasteiger partial charge in [-0.15, -0.1) is 0 Å². The Balaban J connectivity index is 1.96. The predicted octanol–water partition coefficient (Wildman–Crippen LogP) is 2.37. The van der Waals surface area contributed by atoms with Crippen LogP contribution in [0.15, 0.2) is 54.6 Å². The molecule has 0 bridgehead atoms. The number of hydrogen-bond donors (Lipinski definition) is 1. The van der Waals surface area contributed by atoms with Crippen molar-refractivity contribution < 1.29 is 13.2 Å². The fourth-order valence-corrected chi connectivity index (χ4v) is 2.21. The van der Waals surface area contributed by atoms with E-state index < -0.39 is 10.2 Å². The summed E-state index contributed by atoms with van der Waals surface area (Å²) in [6, 6.07) is 16.8. The molecular weight excluding hydrogens is 288 g/mol. The van der Waals surface area contributed by atoms with Gasteiger partial charge in [-0.1, -0.05) is 30.3 Å². The Morgan fingerprint density at radius 1 is 0.952 bits per heavy atom. The zero-order valence-corrected chi connectivity index (χ0v) is 12.8. The molecule has 0 saturated heterocycles. The Morgan fingerprint density at radius 3 is 2.10 bits per heavy atom. The average molecular weight is 306 g/mol. The van der Waals surface area contributed by atoms with E-state index in [0.29, 0.717) is 5.75 Å². The second-order valence-corrected chi connectivity index (χ2v) is 6.64. The highest BCUT2D eigenvalue weighted by Crippen LogP contribution is 2.21. The molecule has 0 fully saturated rings. The van der Waals surface area contributed by atoms with Crippen LogP contribution in [0.3, 0.4) is 0 Å². The average Bonchev–Trinajstić information content (AvgIpc) is 2.47. The van der Waals surface area contributed by atoms with Gasteiger partial charge in [0.2, 0.25) is 0 Å².